The Hall–Kier alpha value is -2.24. The second-order valence-electron chi connectivity index (χ2n) is 6.41. The zero-order chi connectivity index (χ0) is 16.4. The highest BCUT2D eigenvalue weighted by Gasteiger charge is 2.26. The molecule has 0 N–H and O–H groups in total. The standard InChI is InChI=1S/C17H22N4O2/c1-11(2)16-18-8-12(9-19-16)10-21(3)17(22)15-13-6-4-5-7-14(13)20-23-15/h8-9,11H,4-7,10H2,1-3H3. The largest absolute Gasteiger partial charge is 0.350 e. The van der Waals surface area contributed by atoms with Gasteiger partial charge in [-0.05, 0) is 25.7 Å². The zero-order valence-corrected chi connectivity index (χ0v) is 13.9. The van der Waals surface area contributed by atoms with Gasteiger partial charge in [-0.3, -0.25) is 4.79 Å². The summed E-state index contributed by atoms with van der Waals surface area (Å²) in [7, 11) is 1.76. The summed E-state index contributed by atoms with van der Waals surface area (Å²) in [6.07, 6.45) is 7.54. The van der Waals surface area contributed by atoms with Crippen molar-refractivity contribution in [1.29, 1.82) is 0 Å². The Morgan fingerprint density at radius 1 is 1.26 bits per heavy atom. The Bertz CT molecular complexity index is 691. The third kappa shape index (κ3) is 3.25. The summed E-state index contributed by atoms with van der Waals surface area (Å²) in [5.41, 5.74) is 2.83. The molecule has 3 rings (SSSR count). The molecule has 0 radical (unpaired) electrons. The number of amides is 1. The molecule has 0 unspecified atom stereocenters. The molecule has 0 saturated carbocycles. The van der Waals surface area contributed by atoms with E-state index >= 15 is 0 Å². The van der Waals surface area contributed by atoms with Crippen LogP contribution in [0, 0.1) is 0 Å². The molecule has 1 aliphatic carbocycles. The van der Waals surface area contributed by atoms with Gasteiger partial charge in [-0.25, -0.2) is 9.97 Å². The first-order chi connectivity index (χ1) is 11.1. The van der Waals surface area contributed by atoms with Crippen LogP contribution in [0.25, 0.3) is 0 Å². The van der Waals surface area contributed by atoms with Crippen molar-refractivity contribution >= 4 is 5.91 Å². The molecule has 0 spiro atoms. The summed E-state index contributed by atoms with van der Waals surface area (Å²) < 4.78 is 5.32. The van der Waals surface area contributed by atoms with Gasteiger partial charge in [-0.1, -0.05) is 19.0 Å². The SMILES string of the molecule is CC(C)c1ncc(CN(C)C(=O)c2onc3c2CCCC3)cn1. The number of aryl methyl sites for hydroxylation is 1. The van der Waals surface area contributed by atoms with Crippen LogP contribution in [0.2, 0.25) is 0 Å². The molecule has 2 heterocycles. The quantitative estimate of drug-likeness (QED) is 0.867. The Labute approximate surface area is 135 Å². The van der Waals surface area contributed by atoms with E-state index in [9.17, 15) is 4.79 Å². The fourth-order valence-corrected chi connectivity index (χ4v) is 2.82. The molecular weight excluding hydrogens is 292 g/mol. The van der Waals surface area contributed by atoms with Crippen LogP contribution in [0.5, 0.6) is 0 Å². The Morgan fingerprint density at radius 2 is 1.96 bits per heavy atom. The third-order valence-corrected chi connectivity index (χ3v) is 4.16. The molecule has 0 aromatic carbocycles. The highest BCUT2D eigenvalue weighted by molar-refractivity contribution is 5.92. The van der Waals surface area contributed by atoms with Crippen LogP contribution in [0.4, 0.5) is 0 Å². The molecule has 0 saturated heterocycles. The molecule has 23 heavy (non-hydrogen) atoms. The Morgan fingerprint density at radius 3 is 2.65 bits per heavy atom. The lowest BCUT2D eigenvalue weighted by Gasteiger charge is -2.17. The predicted octanol–water partition coefficient (Wildman–Crippen LogP) is 2.74. The Kier molecular flexibility index (Phi) is 4.41. The normalized spacial score (nSPS) is 13.9. The van der Waals surface area contributed by atoms with Crippen LogP contribution < -0.4 is 0 Å². The maximum atomic E-state index is 12.6. The van der Waals surface area contributed by atoms with Gasteiger partial charge in [0.25, 0.3) is 5.91 Å². The van der Waals surface area contributed by atoms with Gasteiger partial charge in [0.2, 0.25) is 5.76 Å². The van der Waals surface area contributed by atoms with Crippen LogP contribution in [0.3, 0.4) is 0 Å². The van der Waals surface area contributed by atoms with Crippen molar-refractivity contribution in [2.24, 2.45) is 0 Å². The van der Waals surface area contributed by atoms with E-state index in [1.165, 1.54) is 0 Å². The second-order valence-corrected chi connectivity index (χ2v) is 6.41. The smallest absolute Gasteiger partial charge is 0.292 e. The number of hydrogen-bond donors (Lipinski definition) is 0. The molecule has 122 valence electrons. The molecule has 0 aliphatic heterocycles. The first-order valence-corrected chi connectivity index (χ1v) is 8.10. The zero-order valence-electron chi connectivity index (χ0n) is 13.9. The molecule has 6 nitrogen and oxygen atoms in total. The van der Waals surface area contributed by atoms with E-state index in [4.69, 9.17) is 4.52 Å². The highest BCUT2D eigenvalue weighted by atomic mass is 16.5. The number of carbonyl (C=O) groups is 1. The van der Waals surface area contributed by atoms with Crippen LogP contribution >= 0.6 is 0 Å². The van der Waals surface area contributed by atoms with Gasteiger partial charge >= 0.3 is 0 Å². The first kappa shape index (κ1) is 15.6. The molecule has 0 bridgehead atoms. The molecule has 0 fully saturated rings. The van der Waals surface area contributed by atoms with Crippen LogP contribution in [-0.4, -0.2) is 33.0 Å². The maximum absolute atomic E-state index is 12.6. The minimum Gasteiger partial charge on any atom is -0.350 e. The van der Waals surface area contributed by atoms with Crippen LogP contribution in [0.15, 0.2) is 16.9 Å². The minimum atomic E-state index is -0.131. The topological polar surface area (TPSA) is 72.1 Å². The van der Waals surface area contributed by atoms with E-state index in [0.29, 0.717) is 18.2 Å². The fourth-order valence-electron chi connectivity index (χ4n) is 2.82. The van der Waals surface area contributed by atoms with E-state index in [1.54, 1.807) is 24.3 Å². The van der Waals surface area contributed by atoms with Crippen molar-refractivity contribution in [2.45, 2.75) is 52.0 Å². The molecule has 2 aromatic rings. The molecule has 6 heteroatoms. The number of carbonyl (C=O) groups excluding carboxylic acids is 1. The van der Waals surface area contributed by atoms with Gasteiger partial charge < -0.3 is 9.42 Å². The summed E-state index contributed by atoms with van der Waals surface area (Å²) in [4.78, 5) is 22.9. The van der Waals surface area contributed by atoms with E-state index < -0.39 is 0 Å². The lowest BCUT2D eigenvalue weighted by atomic mass is 9.96. The van der Waals surface area contributed by atoms with E-state index in [2.05, 4.69) is 29.0 Å². The van der Waals surface area contributed by atoms with Gasteiger partial charge in [0.15, 0.2) is 0 Å². The van der Waals surface area contributed by atoms with Gasteiger partial charge in [0, 0.05) is 43.0 Å². The monoisotopic (exact) mass is 314 g/mol. The number of aromatic nitrogens is 3. The summed E-state index contributed by atoms with van der Waals surface area (Å²) in [6, 6.07) is 0. The first-order valence-electron chi connectivity index (χ1n) is 8.10. The number of nitrogens with zero attached hydrogens (tertiary/aromatic N) is 4. The van der Waals surface area contributed by atoms with Crippen molar-refractivity contribution in [3.63, 3.8) is 0 Å². The van der Waals surface area contributed by atoms with Gasteiger partial charge in [-0.2, -0.15) is 0 Å². The van der Waals surface area contributed by atoms with Crippen molar-refractivity contribution < 1.29 is 9.32 Å². The lowest BCUT2D eigenvalue weighted by Crippen LogP contribution is -2.27. The maximum Gasteiger partial charge on any atom is 0.292 e. The number of fused-ring (bicyclic) bond motifs is 1. The predicted molar refractivity (Wildman–Crippen MR) is 85.1 cm³/mol. The van der Waals surface area contributed by atoms with Crippen LogP contribution in [-0.2, 0) is 19.4 Å². The average Bonchev–Trinajstić information content (AvgIpc) is 2.98. The van der Waals surface area contributed by atoms with Crippen molar-refractivity contribution in [2.75, 3.05) is 7.05 Å². The fraction of sp³-hybridized carbons (Fsp3) is 0.529. The van der Waals surface area contributed by atoms with Gasteiger partial charge in [-0.15, -0.1) is 0 Å². The molecule has 0 atom stereocenters. The average molecular weight is 314 g/mol. The third-order valence-electron chi connectivity index (χ3n) is 4.16. The molecule has 2 aromatic heterocycles. The van der Waals surface area contributed by atoms with Gasteiger partial charge in [0.05, 0.1) is 5.69 Å². The van der Waals surface area contributed by atoms with Gasteiger partial charge in [0.1, 0.15) is 5.82 Å². The highest BCUT2D eigenvalue weighted by Crippen LogP contribution is 2.25. The van der Waals surface area contributed by atoms with Crippen molar-refractivity contribution in [3.8, 4) is 0 Å². The van der Waals surface area contributed by atoms with Crippen molar-refractivity contribution in [3.05, 3.63) is 40.8 Å². The number of hydrogen-bond acceptors (Lipinski definition) is 5. The summed E-state index contributed by atoms with van der Waals surface area (Å²) in [5, 5.41) is 4.05. The second kappa shape index (κ2) is 6.48. The summed E-state index contributed by atoms with van der Waals surface area (Å²) in [5.74, 6) is 1.37. The minimum absolute atomic E-state index is 0.131. The summed E-state index contributed by atoms with van der Waals surface area (Å²) in [6.45, 7) is 4.56. The van der Waals surface area contributed by atoms with Crippen molar-refractivity contribution in [1.82, 2.24) is 20.0 Å². The number of rotatable bonds is 4. The molecular formula is C17H22N4O2. The molecule has 1 amide bonds. The van der Waals surface area contributed by atoms with E-state index in [1.807, 2.05) is 0 Å². The molecule has 1 aliphatic rings. The summed E-state index contributed by atoms with van der Waals surface area (Å²) >= 11 is 0. The van der Waals surface area contributed by atoms with E-state index in [0.717, 1.165) is 48.3 Å². The van der Waals surface area contributed by atoms with E-state index in [-0.39, 0.29) is 5.91 Å². The van der Waals surface area contributed by atoms with Crippen LogP contribution in [0.1, 0.15) is 65.8 Å². The Balaban J connectivity index is 1.71. The lowest BCUT2D eigenvalue weighted by molar-refractivity contribution is 0.0741.